The first-order valence-electron chi connectivity index (χ1n) is 3.95. The minimum atomic E-state index is -1.05. The zero-order valence-electron chi connectivity index (χ0n) is 7.16. The third-order valence-corrected chi connectivity index (χ3v) is 1.76. The van der Waals surface area contributed by atoms with Crippen molar-refractivity contribution in [2.75, 3.05) is 0 Å². The van der Waals surface area contributed by atoms with Gasteiger partial charge in [0.15, 0.2) is 0 Å². The van der Waals surface area contributed by atoms with E-state index in [9.17, 15) is 4.79 Å². The molecule has 2 aromatic heterocycles. The summed E-state index contributed by atoms with van der Waals surface area (Å²) in [4.78, 5) is 18.4. The normalized spacial score (nSPS) is 10.0. The predicted molar refractivity (Wildman–Crippen MR) is 48.9 cm³/mol. The first-order valence-corrected chi connectivity index (χ1v) is 3.95. The SMILES string of the molecule is O=C(O)n1cnc(-c2cccnc2)c1. The van der Waals surface area contributed by atoms with Gasteiger partial charge in [0, 0.05) is 24.2 Å². The summed E-state index contributed by atoms with van der Waals surface area (Å²) in [5, 5.41) is 8.65. The van der Waals surface area contributed by atoms with Crippen molar-refractivity contribution in [1.29, 1.82) is 0 Å². The molecule has 70 valence electrons. The van der Waals surface area contributed by atoms with Crippen LogP contribution in [0.4, 0.5) is 4.79 Å². The molecule has 0 aliphatic rings. The fourth-order valence-electron chi connectivity index (χ4n) is 1.09. The molecule has 0 aromatic carbocycles. The van der Waals surface area contributed by atoms with E-state index in [1.807, 2.05) is 6.07 Å². The molecule has 1 N–H and O–H groups in total. The van der Waals surface area contributed by atoms with Gasteiger partial charge in [0.1, 0.15) is 6.33 Å². The summed E-state index contributed by atoms with van der Waals surface area (Å²) in [5.74, 6) is 0. The van der Waals surface area contributed by atoms with Gasteiger partial charge in [0.2, 0.25) is 0 Å². The molecular formula is C9H7N3O2. The summed E-state index contributed by atoms with van der Waals surface area (Å²) < 4.78 is 1.00. The van der Waals surface area contributed by atoms with Crippen LogP contribution in [0.2, 0.25) is 0 Å². The van der Waals surface area contributed by atoms with E-state index in [-0.39, 0.29) is 0 Å². The van der Waals surface area contributed by atoms with Gasteiger partial charge in [-0.05, 0) is 12.1 Å². The molecule has 5 heteroatoms. The Morgan fingerprint density at radius 2 is 2.36 bits per heavy atom. The highest BCUT2D eigenvalue weighted by molar-refractivity contribution is 5.70. The summed E-state index contributed by atoms with van der Waals surface area (Å²) in [6.45, 7) is 0. The highest BCUT2D eigenvalue weighted by Crippen LogP contribution is 2.14. The van der Waals surface area contributed by atoms with E-state index in [1.54, 1.807) is 18.5 Å². The molecule has 2 rings (SSSR count). The van der Waals surface area contributed by atoms with Crippen LogP contribution in [0.1, 0.15) is 0 Å². The van der Waals surface area contributed by atoms with Gasteiger partial charge in [0.25, 0.3) is 0 Å². The van der Waals surface area contributed by atoms with Gasteiger partial charge in [-0.1, -0.05) is 0 Å². The maximum Gasteiger partial charge on any atom is 0.416 e. The van der Waals surface area contributed by atoms with Crippen molar-refractivity contribution in [2.45, 2.75) is 0 Å². The Morgan fingerprint density at radius 1 is 1.50 bits per heavy atom. The number of rotatable bonds is 1. The van der Waals surface area contributed by atoms with Crippen LogP contribution in [-0.2, 0) is 0 Å². The number of carbonyl (C=O) groups is 1. The van der Waals surface area contributed by atoms with Crippen molar-refractivity contribution in [2.24, 2.45) is 0 Å². The molecule has 0 bridgehead atoms. The number of aromatic nitrogens is 3. The molecule has 2 heterocycles. The van der Waals surface area contributed by atoms with Crippen molar-refractivity contribution >= 4 is 6.09 Å². The number of imidazole rings is 1. The molecule has 0 atom stereocenters. The first kappa shape index (κ1) is 8.43. The summed E-state index contributed by atoms with van der Waals surface area (Å²) in [6, 6.07) is 3.59. The number of pyridine rings is 1. The van der Waals surface area contributed by atoms with Crippen molar-refractivity contribution in [1.82, 2.24) is 14.5 Å². The van der Waals surface area contributed by atoms with Crippen LogP contribution in [0.5, 0.6) is 0 Å². The lowest BCUT2D eigenvalue weighted by Crippen LogP contribution is -2.03. The highest BCUT2D eigenvalue weighted by atomic mass is 16.4. The van der Waals surface area contributed by atoms with Gasteiger partial charge >= 0.3 is 6.09 Å². The van der Waals surface area contributed by atoms with Crippen LogP contribution in [0.15, 0.2) is 37.1 Å². The van der Waals surface area contributed by atoms with Crippen LogP contribution >= 0.6 is 0 Å². The quantitative estimate of drug-likeness (QED) is 0.737. The lowest BCUT2D eigenvalue weighted by atomic mass is 10.2. The molecule has 0 aliphatic heterocycles. The molecule has 0 saturated heterocycles. The molecule has 0 unspecified atom stereocenters. The molecule has 0 spiro atoms. The summed E-state index contributed by atoms with van der Waals surface area (Å²) in [6.07, 6.45) is 4.93. The van der Waals surface area contributed by atoms with E-state index in [2.05, 4.69) is 9.97 Å². The van der Waals surface area contributed by atoms with Crippen LogP contribution in [0, 0.1) is 0 Å². The average molecular weight is 189 g/mol. The fraction of sp³-hybridized carbons (Fsp3) is 0. The highest BCUT2D eigenvalue weighted by Gasteiger charge is 2.05. The van der Waals surface area contributed by atoms with Crippen molar-refractivity contribution < 1.29 is 9.90 Å². The fourth-order valence-corrected chi connectivity index (χ4v) is 1.09. The lowest BCUT2D eigenvalue weighted by molar-refractivity contribution is 0.196. The summed E-state index contributed by atoms with van der Waals surface area (Å²) in [5.41, 5.74) is 1.40. The second kappa shape index (κ2) is 3.29. The molecule has 0 saturated carbocycles. The Hall–Kier alpha value is -2.17. The molecule has 2 aromatic rings. The Morgan fingerprint density at radius 3 is 2.93 bits per heavy atom. The van der Waals surface area contributed by atoms with E-state index >= 15 is 0 Å². The van der Waals surface area contributed by atoms with Crippen LogP contribution in [0.25, 0.3) is 11.3 Å². The zero-order chi connectivity index (χ0) is 9.97. The van der Waals surface area contributed by atoms with Crippen LogP contribution < -0.4 is 0 Å². The lowest BCUT2D eigenvalue weighted by Gasteiger charge is -1.92. The van der Waals surface area contributed by atoms with E-state index < -0.39 is 6.09 Å². The molecule has 0 radical (unpaired) electrons. The van der Waals surface area contributed by atoms with Gasteiger partial charge in [-0.3, -0.25) is 4.98 Å². The molecule has 0 aliphatic carbocycles. The van der Waals surface area contributed by atoms with Crippen molar-refractivity contribution in [3.63, 3.8) is 0 Å². The first-order chi connectivity index (χ1) is 6.77. The van der Waals surface area contributed by atoms with Crippen molar-refractivity contribution in [3.05, 3.63) is 37.1 Å². The van der Waals surface area contributed by atoms with E-state index in [0.717, 1.165) is 10.1 Å². The topological polar surface area (TPSA) is 68.0 Å². The van der Waals surface area contributed by atoms with Gasteiger partial charge in [-0.2, -0.15) is 0 Å². The molecule has 0 fully saturated rings. The Kier molecular flexibility index (Phi) is 1.98. The summed E-state index contributed by atoms with van der Waals surface area (Å²) in [7, 11) is 0. The summed E-state index contributed by atoms with van der Waals surface area (Å²) >= 11 is 0. The Bertz CT molecular complexity index is 450. The van der Waals surface area contributed by atoms with Crippen LogP contribution in [-0.4, -0.2) is 25.7 Å². The maximum absolute atomic E-state index is 10.6. The van der Waals surface area contributed by atoms with Gasteiger partial charge < -0.3 is 5.11 Å². The number of carboxylic acid groups (broad SMARTS) is 1. The van der Waals surface area contributed by atoms with Crippen molar-refractivity contribution in [3.8, 4) is 11.3 Å². The van der Waals surface area contributed by atoms with Crippen LogP contribution in [0.3, 0.4) is 0 Å². The predicted octanol–water partition coefficient (Wildman–Crippen LogP) is 1.47. The van der Waals surface area contributed by atoms with E-state index in [1.165, 1.54) is 12.5 Å². The molecular weight excluding hydrogens is 182 g/mol. The Balaban J connectivity index is 2.39. The molecule has 14 heavy (non-hydrogen) atoms. The van der Waals surface area contributed by atoms with Gasteiger partial charge in [0.05, 0.1) is 5.69 Å². The second-order valence-corrected chi connectivity index (χ2v) is 2.69. The third-order valence-electron chi connectivity index (χ3n) is 1.76. The minimum Gasteiger partial charge on any atom is -0.464 e. The standard InChI is InChI=1S/C9H7N3O2/c13-9(14)12-5-8(11-6-12)7-2-1-3-10-4-7/h1-6H,(H,13,14). The second-order valence-electron chi connectivity index (χ2n) is 2.69. The van der Waals surface area contributed by atoms with Gasteiger partial charge in [-0.25, -0.2) is 14.3 Å². The largest absolute Gasteiger partial charge is 0.464 e. The number of hydrogen-bond acceptors (Lipinski definition) is 3. The monoisotopic (exact) mass is 189 g/mol. The number of hydrogen-bond donors (Lipinski definition) is 1. The smallest absolute Gasteiger partial charge is 0.416 e. The third kappa shape index (κ3) is 1.47. The van der Waals surface area contributed by atoms with Gasteiger partial charge in [-0.15, -0.1) is 0 Å². The van der Waals surface area contributed by atoms with E-state index in [4.69, 9.17) is 5.11 Å². The molecule has 0 amide bonds. The van der Waals surface area contributed by atoms with E-state index in [0.29, 0.717) is 5.69 Å². The number of nitrogens with zero attached hydrogens (tertiary/aromatic N) is 3. The zero-order valence-corrected chi connectivity index (χ0v) is 7.16. The Labute approximate surface area is 79.7 Å². The maximum atomic E-state index is 10.6. The average Bonchev–Trinajstić information content (AvgIpc) is 2.68. The minimum absolute atomic E-state index is 0.598. The molecule has 5 nitrogen and oxygen atoms in total.